The minimum Gasteiger partial charge on any atom is -0.480 e. The lowest BCUT2D eigenvalue weighted by Crippen LogP contribution is -2.46. The summed E-state index contributed by atoms with van der Waals surface area (Å²) in [5.74, 6) is -1.70. The van der Waals surface area contributed by atoms with Crippen LogP contribution < -0.4 is 16.4 Å². The molecule has 0 aliphatic rings. The third kappa shape index (κ3) is 10.6. The van der Waals surface area contributed by atoms with Crippen LogP contribution in [0.5, 0.6) is 0 Å². The maximum absolute atomic E-state index is 11.5. The van der Waals surface area contributed by atoms with Crippen molar-refractivity contribution in [1.82, 2.24) is 10.6 Å². The molecule has 0 aromatic heterocycles. The summed E-state index contributed by atoms with van der Waals surface area (Å²) in [5.41, 5.74) is 4.66. The van der Waals surface area contributed by atoms with Crippen molar-refractivity contribution in [2.75, 3.05) is 13.1 Å². The fraction of sp³-hybridized carbons (Fsp3) is 0.769. The van der Waals surface area contributed by atoms with E-state index >= 15 is 0 Å². The Bertz CT molecular complexity index is 365. The lowest BCUT2D eigenvalue weighted by Gasteiger charge is -2.20. The highest BCUT2D eigenvalue weighted by Gasteiger charge is 2.23. The number of nitrogens with one attached hydrogen (secondary N) is 2. The van der Waals surface area contributed by atoms with Gasteiger partial charge in [0.25, 0.3) is 0 Å². The van der Waals surface area contributed by atoms with Crippen LogP contribution in [-0.2, 0) is 14.3 Å². The van der Waals surface area contributed by atoms with Gasteiger partial charge in [0.15, 0.2) is 0 Å². The van der Waals surface area contributed by atoms with Gasteiger partial charge in [-0.1, -0.05) is 0 Å². The summed E-state index contributed by atoms with van der Waals surface area (Å²) in [4.78, 5) is 34.0. The van der Waals surface area contributed by atoms with E-state index in [-0.39, 0.29) is 12.8 Å². The van der Waals surface area contributed by atoms with E-state index in [1.54, 1.807) is 20.8 Å². The monoisotopic (exact) mass is 303 g/mol. The topological polar surface area (TPSA) is 131 Å². The van der Waals surface area contributed by atoms with E-state index < -0.39 is 29.6 Å². The maximum Gasteiger partial charge on any atom is 0.326 e. The molecule has 21 heavy (non-hydrogen) atoms. The number of carboxylic acids is 1. The normalized spacial score (nSPS) is 12.4. The van der Waals surface area contributed by atoms with Crippen LogP contribution >= 0.6 is 0 Å². The number of esters is 1. The molecular formula is C13H25N3O5. The summed E-state index contributed by atoms with van der Waals surface area (Å²) < 4.78 is 5.08. The van der Waals surface area contributed by atoms with Crippen LogP contribution in [0.3, 0.4) is 0 Å². The molecule has 0 radical (unpaired) electrons. The molecule has 1 atom stereocenters. The van der Waals surface area contributed by atoms with Crippen molar-refractivity contribution < 1.29 is 24.2 Å². The van der Waals surface area contributed by atoms with Gasteiger partial charge in [0.05, 0.1) is 0 Å². The van der Waals surface area contributed by atoms with Gasteiger partial charge in [-0.05, 0) is 40.2 Å². The van der Waals surface area contributed by atoms with Crippen molar-refractivity contribution >= 4 is 18.0 Å². The van der Waals surface area contributed by atoms with Crippen LogP contribution in [0.15, 0.2) is 0 Å². The number of hydrogen-bond acceptors (Lipinski definition) is 5. The molecule has 0 fully saturated rings. The summed E-state index contributed by atoms with van der Waals surface area (Å²) in [5, 5.41) is 13.8. The lowest BCUT2D eigenvalue weighted by atomic mass is 10.1. The summed E-state index contributed by atoms with van der Waals surface area (Å²) in [6.07, 6.45) is 0.481. The maximum atomic E-state index is 11.5. The third-order valence-electron chi connectivity index (χ3n) is 2.33. The average Bonchev–Trinajstić information content (AvgIpc) is 2.32. The van der Waals surface area contributed by atoms with Crippen molar-refractivity contribution in [2.24, 2.45) is 5.73 Å². The highest BCUT2D eigenvalue weighted by molar-refractivity contribution is 5.83. The predicted molar refractivity (Wildman–Crippen MR) is 76.7 cm³/mol. The Hall–Kier alpha value is -1.83. The van der Waals surface area contributed by atoms with Gasteiger partial charge in [0, 0.05) is 13.0 Å². The molecule has 8 heteroatoms. The summed E-state index contributed by atoms with van der Waals surface area (Å²) >= 11 is 0. The van der Waals surface area contributed by atoms with Crippen LogP contribution in [-0.4, -0.2) is 47.8 Å². The molecule has 0 unspecified atom stereocenters. The largest absolute Gasteiger partial charge is 0.480 e. The predicted octanol–water partition coefficient (Wildman–Crippen LogP) is 0.210. The van der Waals surface area contributed by atoms with Crippen molar-refractivity contribution in [3.05, 3.63) is 0 Å². The molecule has 5 N–H and O–H groups in total. The second-order valence-corrected chi connectivity index (χ2v) is 5.56. The van der Waals surface area contributed by atoms with Gasteiger partial charge in [0.2, 0.25) is 0 Å². The van der Waals surface area contributed by atoms with Gasteiger partial charge in [-0.2, -0.15) is 0 Å². The van der Waals surface area contributed by atoms with E-state index in [4.69, 9.17) is 15.6 Å². The second kappa shape index (κ2) is 9.17. The van der Waals surface area contributed by atoms with Gasteiger partial charge >= 0.3 is 18.0 Å². The standard InChI is InChI=1S/C13H25N3O5/c1-13(2,3)21-10(17)6-5-9(11(18)19)16-12(20)15-8-4-7-14/h9H,4-8,14H2,1-3H3,(H,18,19)(H2,15,16,20)/t9-/m1/s1. The van der Waals surface area contributed by atoms with E-state index in [1.165, 1.54) is 0 Å². The van der Waals surface area contributed by atoms with Gasteiger partial charge in [-0.3, -0.25) is 4.79 Å². The molecule has 2 amide bonds. The molecular weight excluding hydrogens is 278 g/mol. The number of urea groups is 1. The molecule has 0 aromatic rings. The lowest BCUT2D eigenvalue weighted by molar-refractivity contribution is -0.155. The smallest absolute Gasteiger partial charge is 0.326 e. The van der Waals surface area contributed by atoms with Crippen LogP contribution in [0.25, 0.3) is 0 Å². The number of hydrogen-bond donors (Lipinski definition) is 4. The number of nitrogens with two attached hydrogens (primary N) is 1. The quantitative estimate of drug-likeness (QED) is 0.374. The number of aliphatic carboxylic acids is 1. The Morgan fingerprint density at radius 1 is 1.29 bits per heavy atom. The minimum atomic E-state index is -1.20. The Labute approximate surface area is 124 Å². The van der Waals surface area contributed by atoms with E-state index in [2.05, 4.69) is 10.6 Å². The average molecular weight is 303 g/mol. The highest BCUT2D eigenvalue weighted by atomic mass is 16.6. The number of ether oxygens (including phenoxy) is 1. The Morgan fingerprint density at radius 3 is 2.38 bits per heavy atom. The van der Waals surface area contributed by atoms with Gasteiger partial charge < -0.3 is 26.2 Å². The van der Waals surface area contributed by atoms with Crippen molar-refractivity contribution in [1.29, 1.82) is 0 Å². The van der Waals surface area contributed by atoms with Crippen LogP contribution in [0.1, 0.15) is 40.0 Å². The zero-order valence-electron chi connectivity index (χ0n) is 12.8. The van der Waals surface area contributed by atoms with Crippen LogP contribution in [0.4, 0.5) is 4.79 Å². The van der Waals surface area contributed by atoms with E-state index in [0.717, 1.165) is 0 Å². The van der Waals surface area contributed by atoms with Crippen molar-refractivity contribution in [3.63, 3.8) is 0 Å². The molecule has 0 spiro atoms. The molecule has 0 aromatic carbocycles. The van der Waals surface area contributed by atoms with E-state index in [1.807, 2.05) is 0 Å². The Kier molecular flexibility index (Phi) is 8.37. The zero-order valence-corrected chi connectivity index (χ0v) is 12.8. The first-order chi connectivity index (χ1) is 9.65. The first-order valence-corrected chi connectivity index (χ1v) is 6.85. The fourth-order valence-electron chi connectivity index (χ4n) is 1.43. The molecule has 0 aliphatic carbocycles. The third-order valence-corrected chi connectivity index (χ3v) is 2.33. The molecule has 8 nitrogen and oxygen atoms in total. The van der Waals surface area contributed by atoms with Crippen molar-refractivity contribution in [3.8, 4) is 0 Å². The number of carbonyl (C=O) groups excluding carboxylic acids is 2. The molecule has 0 saturated heterocycles. The molecule has 0 rings (SSSR count). The number of carbonyl (C=O) groups is 3. The highest BCUT2D eigenvalue weighted by Crippen LogP contribution is 2.10. The number of amides is 2. The summed E-state index contributed by atoms with van der Waals surface area (Å²) in [7, 11) is 0. The Balaban J connectivity index is 4.22. The molecule has 0 heterocycles. The molecule has 122 valence electrons. The Morgan fingerprint density at radius 2 is 1.90 bits per heavy atom. The first kappa shape index (κ1) is 19.2. The van der Waals surface area contributed by atoms with E-state index in [0.29, 0.717) is 19.5 Å². The number of rotatable bonds is 8. The first-order valence-electron chi connectivity index (χ1n) is 6.85. The zero-order chi connectivity index (χ0) is 16.5. The van der Waals surface area contributed by atoms with E-state index in [9.17, 15) is 14.4 Å². The molecule has 0 aliphatic heterocycles. The van der Waals surface area contributed by atoms with Gasteiger partial charge in [-0.25, -0.2) is 9.59 Å². The van der Waals surface area contributed by atoms with Gasteiger partial charge in [0.1, 0.15) is 11.6 Å². The molecule has 0 bridgehead atoms. The SMILES string of the molecule is CC(C)(C)OC(=O)CC[C@@H](NC(=O)NCCCN)C(=O)O. The fourth-order valence-corrected chi connectivity index (χ4v) is 1.43. The van der Waals surface area contributed by atoms with Gasteiger partial charge in [-0.15, -0.1) is 0 Å². The van der Waals surface area contributed by atoms with Crippen LogP contribution in [0, 0.1) is 0 Å². The summed E-state index contributed by atoms with van der Waals surface area (Å²) in [6.45, 7) is 5.97. The van der Waals surface area contributed by atoms with Crippen LogP contribution in [0.2, 0.25) is 0 Å². The second-order valence-electron chi connectivity index (χ2n) is 5.56. The summed E-state index contributed by atoms with van der Waals surface area (Å²) in [6, 6.07) is -1.74. The molecule has 0 saturated carbocycles. The van der Waals surface area contributed by atoms with Crippen molar-refractivity contribution in [2.45, 2.75) is 51.7 Å². The number of carboxylic acid groups (broad SMARTS) is 1. The minimum absolute atomic E-state index is 0.0332.